The summed E-state index contributed by atoms with van der Waals surface area (Å²) in [7, 11) is 0. The van der Waals surface area contributed by atoms with Gasteiger partial charge in [-0.1, -0.05) is 12.8 Å². The van der Waals surface area contributed by atoms with Gasteiger partial charge >= 0.3 is 0 Å². The number of carbonyl (C=O) groups is 2. The molecule has 2 amide bonds. The summed E-state index contributed by atoms with van der Waals surface area (Å²) in [5, 5.41) is 2.94. The van der Waals surface area contributed by atoms with Crippen LogP contribution in [0.4, 0.5) is 5.69 Å². The maximum Gasteiger partial charge on any atom is 0.229 e. The lowest BCUT2D eigenvalue weighted by atomic mass is 10.1. The van der Waals surface area contributed by atoms with E-state index in [1.807, 2.05) is 29.2 Å². The van der Waals surface area contributed by atoms with Crippen LogP contribution < -0.4 is 10.1 Å². The molecule has 0 radical (unpaired) electrons. The normalized spacial score (nSPS) is 25.9. The van der Waals surface area contributed by atoms with Crippen molar-refractivity contribution in [2.24, 2.45) is 5.92 Å². The van der Waals surface area contributed by atoms with Crippen LogP contribution in [0.3, 0.4) is 0 Å². The van der Waals surface area contributed by atoms with Crippen LogP contribution in [0.1, 0.15) is 44.9 Å². The van der Waals surface area contributed by atoms with Crippen LogP contribution in [-0.2, 0) is 14.3 Å². The van der Waals surface area contributed by atoms with Gasteiger partial charge in [0.1, 0.15) is 12.4 Å². The maximum absolute atomic E-state index is 12.6. The van der Waals surface area contributed by atoms with Crippen molar-refractivity contribution >= 4 is 17.5 Å². The largest absolute Gasteiger partial charge is 0.491 e. The summed E-state index contributed by atoms with van der Waals surface area (Å²) in [6.07, 6.45) is 7.19. The van der Waals surface area contributed by atoms with Gasteiger partial charge in [0.15, 0.2) is 0 Å². The molecule has 1 aromatic rings. The van der Waals surface area contributed by atoms with Crippen molar-refractivity contribution in [1.29, 1.82) is 0 Å². The number of benzene rings is 1. The first kappa shape index (κ1) is 18.3. The maximum atomic E-state index is 12.6. The van der Waals surface area contributed by atoms with Gasteiger partial charge in [-0.15, -0.1) is 0 Å². The van der Waals surface area contributed by atoms with Crippen LogP contribution in [0.5, 0.6) is 5.75 Å². The van der Waals surface area contributed by atoms with Crippen molar-refractivity contribution in [2.45, 2.75) is 57.1 Å². The van der Waals surface area contributed by atoms with Crippen molar-refractivity contribution in [3.8, 4) is 5.75 Å². The third kappa shape index (κ3) is 4.43. The molecular formula is C21H28N2O4. The highest BCUT2D eigenvalue weighted by Crippen LogP contribution is 2.30. The van der Waals surface area contributed by atoms with Crippen LogP contribution >= 0.6 is 0 Å². The van der Waals surface area contributed by atoms with Crippen molar-refractivity contribution in [2.75, 3.05) is 25.1 Å². The highest BCUT2D eigenvalue weighted by atomic mass is 16.5. The first-order valence-electron chi connectivity index (χ1n) is 10.1. The number of anilines is 1. The van der Waals surface area contributed by atoms with Crippen molar-refractivity contribution in [3.05, 3.63) is 24.3 Å². The number of amides is 2. The minimum atomic E-state index is -0.256. The van der Waals surface area contributed by atoms with E-state index in [-0.39, 0.29) is 23.8 Å². The number of hydrogen-bond acceptors (Lipinski definition) is 4. The minimum Gasteiger partial charge on any atom is -0.491 e. The second-order valence-corrected chi connectivity index (χ2v) is 7.85. The molecule has 1 aromatic carbocycles. The van der Waals surface area contributed by atoms with Gasteiger partial charge in [0, 0.05) is 31.3 Å². The molecule has 3 aliphatic rings. The third-order valence-corrected chi connectivity index (χ3v) is 5.88. The van der Waals surface area contributed by atoms with E-state index in [1.165, 1.54) is 12.8 Å². The Balaban J connectivity index is 1.27. The lowest BCUT2D eigenvalue weighted by Crippen LogP contribution is -2.35. The second kappa shape index (κ2) is 8.30. The fourth-order valence-electron chi connectivity index (χ4n) is 4.32. The predicted octanol–water partition coefficient (Wildman–Crippen LogP) is 2.97. The van der Waals surface area contributed by atoms with Gasteiger partial charge < -0.3 is 19.7 Å². The number of carbonyl (C=O) groups excluding carboxylic acids is 2. The zero-order valence-electron chi connectivity index (χ0n) is 15.7. The van der Waals surface area contributed by atoms with Crippen molar-refractivity contribution in [3.63, 3.8) is 0 Å². The SMILES string of the molecule is O=C(Nc1ccc(OC[C@H]2CCCO2)cc1)[C@H]1CC(=O)N(C2CCCC2)C1. The fourth-order valence-corrected chi connectivity index (χ4v) is 4.32. The number of likely N-dealkylation sites (tertiary alicyclic amines) is 1. The van der Waals surface area contributed by atoms with E-state index in [4.69, 9.17) is 9.47 Å². The summed E-state index contributed by atoms with van der Waals surface area (Å²) >= 11 is 0. The average molecular weight is 372 g/mol. The van der Waals surface area contributed by atoms with Gasteiger partial charge in [0.25, 0.3) is 0 Å². The highest BCUT2D eigenvalue weighted by Gasteiger charge is 2.38. The Bertz CT molecular complexity index is 663. The summed E-state index contributed by atoms with van der Waals surface area (Å²) < 4.78 is 11.3. The molecule has 1 saturated carbocycles. The van der Waals surface area contributed by atoms with E-state index in [2.05, 4.69) is 5.32 Å². The molecule has 0 aromatic heterocycles. The van der Waals surface area contributed by atoms with E-state index in [1.54, 1.807) is 0 Å². The molecule has 2 atom stereocenters. The smallest absolute Gasteiger partial charge is 0.229 e. The van der Waals surface area contributed by atoms with E-state index < -0.39 is 0 Å². The Hall–Kier alpha value is -2.08. The van der Waals surface area contributed by atoms with Crippen LogP contribution in [0.15, 0.2) is 24.3 Å². The molecule has 1 aliphatic carbocycles. The number of ether oxygens (including phenoxy) is 2. The second-order valence-electron chi connectivity index (χ2n) is 7.85. The monoisotopic (exact) mass is 372 g/mol. The Labute approximate surface area is 160 Å². The molecule has 6 nitrogen and oxygen atoms in total. The summed E-state index contributed by atoms with van der Waals surface area (Å²) in [6, 6.07) is 7.74. The number of nitrogens with one attached hydrogen (secondary N) is 1. The molecule has 4 rings (SSSR count). The Kier molecular flexibility index (Phi) is 5.62. The van der Waals surface area contributed by atoms with Gasteiger partial charge in [-0.25, -0.2) is 0 Å². The van der Waals surface area contributed by atoms with E-state index >= 15 is 0 Å². The van der Waals surface area contributed by atoms with Crippen LogP contribution in [0, 0.1) is 5.92 Å². The van der Waals surface area contributed by atoms with Crippen LogP contribution in [0.25, 0.3) is 0 Å². The fraction of sp³-hybridized carbons (Fsp3) is 0.619. The summed E-state index contributed by atoms with van der Waals surface area (Å²) in [5.74, 6) is 0.567. The van der Waals surface area contributed by atoms with Gasteiger partial charge in [0.2, 0.25) is 11.8 Å². The molecule has 146 valence electrons. The summed E-state index contributed by atoms with van der Waals surface area (Å²) in [5.41, 5.74) is 0.733. The molecule has 1 N–H and O–H groups in total. The molecule has 6 heteroatoms. The van der Waals surface area contributed by atoms with Gasteiger partial charge in [-0.3, -0.25) is 9.59 Å². The lowest BCUT2D eigenvalue weighted by molar-refractivity contribution is -0.129. The Morgan fingerprint density at radius 2 is 1.93 bits per heavy atom. The first-order chi connectivity index (χ1) is 13.2. The molecule has 0 spiro atoms. The van der Waals surface area contributed by atoms with Gasteiger partial charge in [0.05, 0.1) is 12.0 Å². The van der Waals surface area contributed by atoms with E-state index in [0.29, 0.717) is 25.6 Å². The number of hydrogen-bond donors (Lipinski definition) is 1. The number of rotatable bonds is 6. The van der Waals surface area contributed by atoms with Crippen LogP contribution in [0.2, 0.25) is 0 Å². The molecular weight excluding hydrogens is 344 g/mol. The van der Waals surface area contributed by atoms with Gasteiger partial charge in [-0.2, -0.15) is 0 Å². The van der Waals surface area contributed by atoms with Crippen molar-refractivity contribution in [1.82, 2.24) is 4.90 Å². The molecule has 2 saturated heterocycles. The molecule has 3 fully saturated rings. The zero-order valence-corrected chi connectivity index (χ0v) is 15.7. The van der Waals surface area contributed by atoms with E-state index in [9.17, 15) is 9.59 Å². The quantitative estimate of drug-likeness (QED) is 0.834. The Morgan fingerprint density at radius 3 is 2.63 bits per heavy atom. The molecule has 2 aliphatic heterocycles. The Morgan fingerprint density at radius 1 is 1.15 bits per heavy atom. The van der Waals surface area contributed by atoms with Gasteiger partial charge in [-0.05, 0) is 49.9 Å². The number of nitrogens with zero attached hydrogens (tertiary/aromatic N) is 1. The molecule has 0 bridgehead atoms. The lowest BCUT2D eigenvalue weighted by Gasteiger charge is -2.23. The molecule has 0 unspecified atom stereocenters. The molecule has 27 heavy (non-hydrogen) atoms. The highest BCUT2D eigenvalue weighted by molar-refractivity contribution is 5.97. The topological polar surface area (TPSA) is 67.9 Å². The van der Waals surface area contributed by atoms with Crippen molar-refractivity contribution < 1.29 is 19.1 Å². The molecule has 2 heterocycles. The zero-order chi connectivity index (χ0) is 18.6. The first-order valence-corrected chi connectivity index (χ1v) is 10.1. The minimum absolute atomic E-state index is 0.0723. The standard InChI is InChI=1S/C21H28N2O4/c24-20-12-15(13-23(20)17-4-1-2-5-17)21(25)22-16-7-9-18(10-8-16)27-14-19-6-3-11-26-19/h7-10,15,17,19H,1-6,11-14H2,(H,22,25)/t15-,19+/m0/s1. The summed E-state index contributed by atoms with van der Waals surface area (Å²) in [4.78, 5) is 26.8. The third-order valence-electron chi connectivity index (χ3n) is 5.88. The average Bonchev–Trinajstić information content (AvgIpc) is 3.43. The van der Waals surface area contributed by atoms with Crippen LogP contribution in [-0.4, -0.2) is 48.6 Å². The summed E-state index contributed by atoms with van der Waals surface area (Å²) in [6.45, 7) is 1.94. The van der Waals surface area contributed by atoms with E-state index in [0.717, 1.165) is 43.7 Å². The predicted molar refractivity (Wildman–Crippen MR) is 102 cm³/mol.